The third-order valence-corrected chi connectivity index (χ3v) is 5.39. The monoisotopic (exact) mass is 462 g/mol. The molecular formula is C29H22N2O4. The number of esters is 1. The largest absolute Gasteiger partial charge is 0.493 e. The number of methoxy groups -OCH3 is 1. The van der Waals surface area contributed by atoms with E-state index in [4.69, 9.17) is 9.47 Å². The van der Waals surface area contributed by atoms with E-state index in [1.807, 2.05) is 61.5 Å². The maximum absolute atomic E-state index is 12.8. The molecular weight excluding hydrogens is 440 g/mol. The Morgan fingerprint density at radius 2 is 1.66 bits per heavy atom. The number of amides is 1. The average Bonchev–Trinajstić information content (AvgIpc) is 2.88. The summed E-state index contributed by atoms with van der Waals surface area (Å²) in [4.78, 5) is 25.3. The standard InChI is InChI=1S/C29H22N2O4/c1-19-10-13-22(14-11-19)29(33)35-26-15-12-20(17-27(26)34-2)16-23(18-30)28(32)31-25-9-5-7-21-6-3-4-8-24(21)25/h3-17H,1-2H3,(H,31,32)/b23-16+. The van der Waals surface area contributed by atoms with E-state index in [-0.39, 0.29) is 11.3 Å². The van der Waals surface area contributed by atoms with Gasteiger partial charge in [0.05, 0.1) is 12.7 Å². The van der Waals surface area contributed by atoms with Crippen LogP contribution in [-0.2, 0) is 4.79 Å². The molecule has 1 N–H and O–H groups in total. The predicted molar refractivity (Wildman–Crippen MR) is 135 cm³/mol. The van der Waals surface area contributed by atoms with E-state index in [0.29, 0.717) is 22.6 Å². The Morgan fingerprint density at radius 3 is 2.40 bits per heavy atom. The lowest BCUT2D eigenvalue weighted by Gasteiger charge is -2.11. The molecule has 1 amide bonds. The van der Waals surface area contributed by atoms with Crippen molar-refractivity contribution in [3.8, 4) is 17.6 Å². The SMILES string of the molecule is COc1cc(/C=C(\C#N)C(=O)Nc2cccc3ccccc23)ccc1OC(=O)c1ccc(C)cc1. The van der Waals surface area contributed by atoms with Gasteiger partial charge in [0, 0.05) is 11.1 Å². The summed E-state index contributed by atoms with van der Waals surface area (Å²) < 4.78 is 10.9. The molecule has 6 heteroatoms. The van der Waals surface area contributed by atoms with E-state index >= 15 is 0 Å². The first kappa shape index (κ1) is 23.3. The van der Waals surface area contributed by atoms with Gasteiger partial charge in [-0.3, -0.25) is 4.79 Å². The number of hydrogen-bond acceptors (Lipinski definition) is 5. The average molecular weight is 463 g/mol. The minimum Gasteiger partial charge on any atom is -0.493 e. The summed E-state index contributed by atoms with van der Waals surface area (Å²) in [5.41, 5.74) is 2.53. The zero-order chi connectivity index (χ0) is 24.8. The first-order valence-electron chi connectivity index (χ1n) is 10.9. The molecule has 0 aliphatic carbocycles. The Balaban J connectivity index is 1.55. The Morgan fingerprint density at radius 1 is 0.914 bits per heavy atom. The second-order valence-electron chi connectivity index (χ2n) is 7.82. The third kappa shape index (κ3) is 5.37. The van der Waals surface area contributed by atoms with Crippen LogP contribution >= 0.6 is 0 Å². The first-order valence-corrected chi connectivity index (χ1v) is 10.9. The number of nitrogens with one attached hydrogen (secondary N) is 1. The molecule has 0 aliphatic heterocycles. The number of carbonyl (C=O) groups is 2. The van der Waals surface area contributed by atoms with Gasteiger partial charge in [-0.2, -0.15) is 5.26 Å². The first-order chi connectivity index (χ1) is 17.0. The van der Waals surface area contributed by atoms with Crippen LogP contribution < -0.4 is 14.8 Å². The normalized spacial score (nSPS) is 10.9. The number of aryl methyl sites for hydroxylation is 1. The minimum absolute atomic E-state index is 0.0793. The quantitative estimate of drug-likeness (QED) is 0.166. The third-order valence-electron chi connectivity index (χ3n) is 5.39. The summed E-state index contributed by atoms with van der Waals surface area (Å²) in [6, 6.07) is 27.0. The van der Waals surface area contributed by atoms with E-state index in [0.717, 1.165) is 16.3 Å². The fraction of sp³-hybridized carbons (Fsp3) is 0.0690. The van der Waals surface area contributed by atoms with E-state index < -0.39 is 11.9 Å². The highest BCUT2D eigenvalue weighted by atomic mass is 16.6. The fourth-order valence-corrected chi connectivity index (χ4v) is 3.55. The highest BCUT2D eigenvalue weighted by Gasteiger charge is 2.15. The number of nitrogens with zero attached hydrogens (tertiary/aromatic N) is 1. The van der Waals surface area contributed by atoms with Gasteiger partial charge >= 0.3 is 5.97 Å². The molecule has 0 aromatic heterocycles. The van der Waals surface area contributed by atoms with E-state index in [1.54, 1.807) is 36.4 Å². The van der Waals surface area contributed by atoms with Crippen LogP contribution in [0.15, 0.2) is 90.5 Å². The Kier molecular flexibility index (Phi) is 6.89. The Bertz CT molecular complexity index is 1480. The zero-order valence-corrected chi connectivity index (χ0v) is 19.2. The highest BCUT2D eigenvalue weighted by Crippen LogP contribution is 2.30. The van der Waals surface area contributed by atoms with Crippen LogP contribution in [0.25, 0.3) is 16.8 Å². The number of fused-ring (bicyclic) bond motifs is 1. The molecule has 0 atom stereocenters. The predicted octanol–water partition coefficient (Wildman–Crippen LogP) is 5.92. The molecule has 172 valence electrons. The summed E-state index contributed by atoms with van der Waals surface area (Å²) >= 11 is 0. The van der Waals surface area contributed by atoms with Crippen molar-refractivity contribution in [2.24, 2.45) is 0 Å². The number of benzene rings is 4. The lowest BCUT2D eigenvalue weighted by atomic mass is 10.1. The lowest BCUT2D eigenvalue weighted by molar-refractivity contribution is -0.112. The van der Waals surface area contributed by atoms with E-state index in [9.17, 15) is 14.9 Å². The number of ether oxygens (including phenoxy) is 2. The summed E-state index contributed by atoms with van der Waals surface area (Å²) in [5.74, 6) is -0.517. The van der Waals surface area contributed by atoms with Crippen molar-refractivity contribution in [3.05, 3.63) is 107 Å². The maximum atomic E-state index is 12.8. The van der Waals surface area contributed by atoms with Crippen molar-refractivity contribution in [1.82, 2.24) is 0 Å². The number of carbonyl (C=O) groups excluding carboxylic acids is 2. The zero-order valence-electron chi connectivity index (χ0n) is 19.2. The van der Waals surface area contributed by atoms with E-state index in [2.05, 4.69) is 5.32 Å². The van der Waals surface area contributed by atoms with Gasteiger partial charge in [-0.05, 0) is 54.3 Å². The molecule has 0 bridgehead atoms. The number of rotatable bonds is 6. The topological polar surface area (TPSA) is 88.4 Å². The van der Waals surface area contributed by atoms with Gasteiger partial charge < -0.3 is 14.8 Å². The highest BCUT2D eigenvalue weighted by molar-refractivity contribution is 6.13. The molecule has 4 aromatic carbocycles. The number of nitriles is 1. The van der Waals surface area contributed by atoms with Crippen molar-refractivity contribution in [1.29, 1.82) is 5.26 Å². The number of anilines is 1. The van der Waals surface area contributed by atoms with Crippen LogP contribution in [0.5, 0.6) is 11.5 Å². The molecule has 0 spiro atoms. The van der Waals surface area contributed by atoms with Gasteiger partial charge in [0.15, 0.2) is 11.5 Å². The van der Waals surface area contributed by atoms with Crippen LogP contribution in [0.2, 0.25) is 0 Å². The molecule has 0 fully saturated rings. The molecule has 0 aliphatic rings. The molecule has 0 unspecified atom stereocenters. The summed E-state index contributed by atoms with van der Waals surface area (Å²) in [7, 11) is 1.45. The van der Waals surface area contributed by atoms with Crippen LogP contribution in [0.3, 0.4) is 0 Å². The summed E-state index contributed by atoms with van der Waals surface area (Å²) in [6.45, 7) is 1.93. The van der Waals surface area contributed by atoms with Crippen molar-refractivity contribution >= 4 is 34.4 Å². The Labute approximate surface area is 203 Å². The maximum Gasteiger partial charge on any atom is 0.343 e. The molecule has 0 saturated heterocycles. The fourth-order valence-electron chi connectivity index (χ4n) is 3.55. The number of hydrogen-bond donors (Lipinski definition) is 1. The molecule has 4 aromatic rings. The van der Waals surface area contributed by atoms with E-state index in [1.165, 1.54) is 13.2 Å². The van der Waals surface area contributed by atoms with Crippen LogP contribution in [-0.4, -0.2) is 19.0 Å². The lowest BCUT2D eigenvalue weighted by Crippen LogP contribution is -2.13. The van der Waals surface area contributed by atoms with Crippen molar-refractivity contribution in [3.63, 3.8) is 0 Å². The van der Waals surface area contributed by atoms with Gasteiger partial charge in [0.2, 0.25) is 0 Å². The smallest absolute Gasteiger partial charge is 0.343 e. The van der Waals surface area contributed by atoms with Crippen LogP contribution in [0.4, 0.5) is 5.69 Å². The second kappa shape index (κ2) is 10.4. The minimum atomic E-state index is -0.530. The molecule has 0 saturated carbocycles. The van der Waals surface area contributed by atoms with Crippen molar-refractivity contribution in [2.75, 3.05) is 12.4 Å². The van der Waals surface area contributed by atoms with Crippen LogP contribution in [0, 0.1) is 18.3 Å². The second-order valence-corrected chi connectivity index (χ2v) is 7.82. The molecule has 0 radical (unpaired) electrons. The van der Waals surface area contributed by atoms with Gasteiger partial charge in [0.1, 0.15) is 11.6 Å². The van der Waals surface area contributed by atoms with Gasteiger partial charge in [-0.1, -0.05) is 60.2 Å². The molecule has 6 nitrogen and oxygen atoms in total. The molecule has 4 rings (SSSR count). The van der Waals surface area contributed by atoms with Crippen molar-refractivity contribution in [2.45, 2.75) is 6.92 Å². The van der Waals surface area contributed by atoms with Crippen molar-refractivity contribution < 1.29 is 19.1 Å². The summed E-state index contributed by atoms with van der Waals surface area (Å²) in [5, 5.41) is 14.3. The van der Waals surface area contributed by atoms with Gasteiger partial charge in [-0.15, -0.1) is 0 Å². The van der Waals surface area contributed by atoms with Gasteiger partial charge in [0.25, 0.3) is 5.91 Å². The summed E-state index contributed by atoms with van der Waals surface area (Å²) in [6.07, 6.45) is 1.45. The van der Waals surface area contributed by atoms with Crippen LogP contribution in [0.1, 0.15) is 21.5 Å². The molecule has 0 heterocycles. The van der Waals surface area contributed by atoms with Gasteiger partial charge in [-0.25, -0.2) is 4.79 Å². The Hall–Kier alpha value is -4.89. The molecule has 35 heavy (non-hydrogen) atoms.